The van der Waals surface area contributed by atoms with Crippen molar-refractivity contribution >= 4 is 16.0 Å². The molecule has 0 saturated carbocycles. The minimum atomic E-state index is -4.10. The van der Waals surface area contributed by atoms with Crippen molar-refractivity contribution in [1.82, 2.24) is 44.5 Å². The highest BCUT2D eigenvalue weighted by Crippen LogP contribution is 2.31. The van der Waals surface area contributed by atoms with E-state index in [1.54, 1.807) is 46.9 Å². The van der Waals surface area contributed by atoms with Crippen molar-refractivity contribution in [3.05, 3.63) is 54.1 Å². The van der Waals surface area contributed by atoms with Gasteiger partial charge in [0.05, 0.1) is 19.3 Å². The minimum Gasteiger partial charge on any atom is -0.481 e. The topological polar surface area (TPSA) is 165 Å². The molecule has 0 aliphatic carbocycles. The normalized spacial score (nSPS) is 14.3. The Hall–Kier alpha value is -3.98. The predicted molar refractivity (Wildman–Crippen MR) is 142 cm³/mol. The largest absolute Gasteiger partial charge is 0.481 e. The second kappa shape index (κ2) is 11.4. The maximum Gasteiger partial charge on any atom is 0.240 e. The van der Waals surface area contributed by atoms with Crippen molar-refractivity contribution in [2.75, 3.05) is 11.8 Å². The summed E-state index contributed by atoms with van der Waals surface area (Å²) in [5.41, 5.74) is 1.28. The molecule has 0 saturated heterocycles. The number of hydrogen-bond donors (Lipinski definition) is 1. The van der Waals surface area contributed by atoms with E-state index < -0.39 is 27.4 Å². The van der Waals surface area contributed by atoms with Gasteiger partial charge in [-0.1, -0.05) is 6.07 Å². The molecule has 4 heterocycles. The molecule has 0 amide bonds. The van der Waals surface area contributed by atoms with E-state index in [-0.39, 0.29) is 17.9 Å². The SMILES string of the molecule is COc1cccc(-c2nnc(NS(=O)(=O)C(C)C(OC(C)C)c3ncc(C)cn3)n2[C@H](C)c2ncnn2C)n1. The molecule has 0 aromatic carbocycles. The van der Waals surface area contributed by atoms with Crippen LogP contribution in [0, 0.1) is 6.92 Å². The van der Waals surface area contributed by atoms with E-state index in [0.29, 0.717) is 23.2 Å². The number of ether oxygens (including phenoxy) is 2. The number of hydrogen-bond acceptors (Lipinski definition) is 11. The van der Waals surface area contributed by atoms with E-state index in [1.165, 1.54) is 20.4 Å². The number of nitrogens with zero attached hydrogens (tertiary/aromatic N) is 9. The minimum absolute atomic E-state index is 0.0231. The van der Waals surface area contributed by atoms with Gasteiger partial charge in [0.2, 0.25) is 21.9 Å². The highest BCUT2D eigenvalue weighted by molar-refractivity contribution is 7.93. The average Bonchev–Trinajstić information content (AvgIpc) is 3.52. The lowest BCUT2D eigenvalue weighted by Crippen LogP contribution is -2.35. The van der Waals surface area contributed by atoms with Gasteiger partial charge in [-0.05, 0) is 46.2 Å². The molecule has 14 nitrogen and oxygen atoms in total. The van der Waals surface area contributed by atoms with Crippen LogP contribution in [0.2, 0.25) is 0 Å². The van der Waals surface area contributed by atoms with E-state index in [2.05, 4.69) is 40.0 Å². The number of rotatable bonds is 11. The third kappa shape index (κ3) is 6.04. The standard InChI is InChI=1S/C24H32N10O4S/c1-14(2)38-20(21-25-11-15(3)12-26-21)17(5)39(35,36)32-24-31-30-23(18-9-8-10-19(29-18)37-7)34(24)16(4)22-27-13-28-33(22)6/h8-14,16-17,20H,1-7H3,(H,31,32)/t16-,17?,20?/m1/s1. The maximum absolute atomic E-state index is 13.7. The van der Waals surface area contributed by atoms with Gasteiger partial charge in [0.15, 0.2) is 11.6 Å². The summed E-state index contributed by atoms with van der Waals surface area (Å²) in [5, 5.41) is 11.5. The predicted octanol–water partition coefficient (Wildman–Crippen LogP) is 2.48. The summed E-state index contributed by atoms with van der Waals surface area (Å²) in [6.07, 6.45) is 3.45. The number of methoxy groups -OCH3 is 1. The van der Waals surface area contributed by atoms with Crippen molar-refractivity contribution in [3.63, 3.8) is 0 Å². The smallest absolute Gasteiger partial charge is 0.240 e. The fourth-order valence-electron chi connectivity index (χ4n) is 3.96. The lowest BCUT2D eigenvalue weighted by atomic mass is 10.2. The van der Waals surface area contributed by atoms with Crippen LogP contribution in [0.5, 0.6) is 5.88 Å². The van der Waals surface area contributed by atoms with E-state index in [4.69, 9.17) is 9.47 Å². The first-order valence-electron chi connectivity index (χ1n) is 12.3. The first-order valence-corrected chi connectivity index (χ1v) is 13.8. The van der Waals surface area contributed by atoms with E-state index in [1.807, 2.05) is 27.7 Å². The molecule has 3 atom stereocenters. The Morgan fingerprint density at radius 1 is 1.03 bits per heavy atom. The highest BCUT2D eigenvalue weighted by Gasteiger charge is 2.36. The second-order valence-electron chi connectivity index (χ2n) is 9.28. The van der Waals surface area contributed by atoms with Gasteiger partial charge in [-0.2, -0.15) is 5.10 Å². The molecule has 0 spiro atoms. The quantitative estimate of drug-likeness (QED) is 0.288. The van der Waals surface area contributed by atoms with Gasteiger partial charge < -0.3 is 9.47 Å². The van der Waals surface area contributed by atoms with Gasteiger partial charge >= 0.3 is 0 Å². The lowest BCUT2D eigenvalue weighted by Gasteiger charge is -2.26. The molecule has 2 unspecified atom stereocenters. The lowest BCUT2D eigenvalue weighted by molar-refractivity contribution is 0.00152. The summed E-state index contributed by atoms with van der Waals surface area (Å²) >= 11 is 0. The molecule has 4 rings (SSSR count). The van der Waals surface area contributed by atoms with Gasteiger partial charge in [0.1, 0.15) is 29.2 Å². The zero-order valence-corrected chi connectivity index (χ0v) is 23.7. The van der Waals surface area contributed by atoms with Crippen LogP contribution in [0.4, 0.5) is 5.95 Å². The fourth-order valence-corrected chi connectivity index (χ4v) is 5.05. The van der Waals surface area contributed by atoms with Crippen LogP contribution in [0.3, 0.4) is 0 Å². The maximum atomic E-state index is 13.7. The van der Waals surface area contributed by atoms with Gasteiger partial charge in [0, 0.05) is 25.5 Å². The zero-order chi connectivity index (χ0) is 28.3. The molecule has 4 aromatic heterocycles. The van der Waals surface area contributed by atoms with Crippen LogP contribution in [0.1, 0.15) is 57.1 Å². The summed E-state index contributed by atoms with van der Waals surface area (Å²) in [6.45, 7) is 8.86. The summed E-state index contributed by atoms with van der Waals surface area (Å²) < 4.78 is 44.5. The molecule has 1 N–H and O–H groups in total. The monoisotopic (exact) mass is 556 g/mol. The van der Waals surface area contributed by atoms with Crippen molar-refractivity contribution in [1.29, 1.82) is 0 Å². The molecular formula is C24H32N10O4S. The van der Waals surface area contributed by atoms with Crippen molar-refractivity contribution in [3.8, 4) is 17.4 Å². The molecule has 208 valence electrons. The molecule has 4 aromatic rings. The van der Waals surface area contributed by atoms with Crippen molar-refractivity contribution in [2.24, 2.45) is 7.05 Å². The Morgan fingerprint density at radius 3 is 2.36 bits per heavy atom. The Kier molecular flexibility index (Phi) is 8.20. The average molecular weight is 557 g/mol. The Bertz CT molecular complexity index is 1520. The summed E-state index contributed by atoms with van der Waals surface area (Å²) in [7, 11) is -0.848. The molecular weight excluding hydrogens is 524 g/mol. The molecule has 0 aliphatic heterocycles. The molecule has 39 heavy (non-hydrogen) atoms. The summed E-state index contributed by atoms with van der Waals surface area (Å²) in [4.78, 5) is 17.4. The number of nitrogens with one attached hydrogen (secondary N) is 1. The number of aromatic nitrogens is 9. The Labute approximate surface area is 226 Å². The Morgan fingerprint density at radius 2 is 1.74 bits per heavy atom. The van der Waals surface area contributed by atoms with E-state index in [9.17, 15) is 8.42 Å². The van der Waals surface area contributed by atoms with Gasteiger partial charge in [-0.3, -0.25) is 14.0 Å². The van der Waals surface area contributed by atoms with E-state index >= 15 is 0 Å². The van der Waals surface area contributed by atoms with Gasteiger partial charge in [0.25, 0.3) is 0 Å². The molecule has 0 aliphatic rings. The van der Waals surface area contributed by atoms with Crippen LogP contribution in [-0.2, 0) is 21.8 Å². The van der Waals surface area contributed by atoms with Gasteiger partial charge in [-0.15, -0.1) is 10.2 Å². The number of anilines is 1. The number of sulfonamides is 1. The fraction of sp³-hybridized carbons (Fsp3) is 0.458. The van der Waals surface area contributed by atoms with Crippen molar-refractivity contribution < 1.29 is 17.9 Å². The number of pyridine rings is 1. The van der Waals surface area contributed by atoms with E-state index in [0.717, 1.165) is 5.56 Å². The summed E-state index contributed by atoms with van der Waals surface area (Å²) in [6, 6.07) is 4.67. The van der Waals surface area contributed by atoms with Gasteiger partial charge in [-0.25, -0.2) is 28.4 Å². The third-order valence-corrected chi connectivity index (χ3v) is 7.68. The van der Waals surface area contributed by atoms with Crippen LogP contribution >= 0.6 is 0 Å². The molecule has 15 heteroatoms. The van der Waals surface area contributed by atoms with Crippen LogP contribution in [0.25, 0.3) is 11.5 Å². The first kappa shape index (κ1) is 28.0. The first-order chi connectivity index (χ1) is 18.5. The highest BCUT2D eigenvalue weighted by atomic mass is 32.2. The van der Waals surface area contributed by atoms with Crippen molar-refractivity contribution in [2.45, 2.75) is 58.1 Å². The molecule has 0 bridgehead atoms. The van der Waals surface area contributed by atoms with Crippen LogP contribution in [-0.4, -0.2) is 71.4 Å². The Balaban J connectivity index is 1.76. The molecule has 0 fully saturated rings. The van der Waals surface area contributed by atoms with Crippen LogP contribution < -0.4 is 9.46 Å². The number of aryl methyl sites for hydroxylation is 2. The zero-order valence-electron chi connectivity index (χ0n) is 22.8. The van der Waals surface area contributed by atoms with Crippen LogP contribution in [0.15, 0.2) is 36.9 Å². The second-order valence-corrected chi connectivity index (χ2v) is 11.3. The summed E-state index contributed by atoms with van der Waals surface area (Å²) in [5.74, 6) is 1.48. The molecule has 0 radical (unpaired) electrons. The third-order valence-electron chi connectivity index (χ3n) is 5.99.